The van der Waals surface area contributed by atoms with Gasteiger partial charge in [-0.2, -0.15) is 0 Å². The highest BCUT2D eigenvalue weighted by Crippen LogP contribution is 2.19. The van der Waals surface area contributed by atoms with E-state index in [-0.39, 0.29) is 30.2 Å². The molecule has 1 aromatic carbocycles. The molecule has 2 N–H and O–H groups in total. The van der Waals surface area contributed by atoms with Crippen molar-refractivity contribution in [3.05, 3.63) is 29.8 Å². The maximum Gasteiger partial charge on any atom is 0.211 e. The van der Waals surface area contributed by atoms with E-state index >= 15 is 0 Å². The molecule has 0 amide bonds. The summed E-state index contributed by atoms with van der Waals surface area (Å²) in [5, 5.41) is 3.36. The van der Waals surface area contributed by atoms with Gasteiger partial charge in [0.25, 0.3) is 0 Å². The monoisotopic (exact) mass is 376 g/mol. The van der Waals surface area contributed by atoms with Crippen molar-refractivity contribution < 1.29 is 13.2 Å². The molecule has 0 spiro atoms. The van der Waals surface area contributed by atoms with E-state index in [1.54, 1.807) is 6.92 Å². The van der Waals surface area contributed by atoms with Gasteiger partial charge in [0.05, 0.1) is 11.8 Å². The van der Waals surface area contributed by atoms with Gasteiger partial charge >= 0.3 is 0 Å². The van der Waals surface area contributed by atoms with Crippen molar-refractivity contribution in [3.8, 4) is 5.75 Å². The first-order valence-electron chi connectivity index (χ1n) is 8.37. The smallest absolute Gasteiger partial charge is 0.211 e. The Bertz CT molecular complexity index is 590. The Labute approximate surface area is 152 Å². The SMILES string of the molecule is CCS(=O)(=O)N[C@H]1CCCN[C@@H]1COc1ccc(C(C)C)cc1.Cl. The van der Waals surface area contributed by atoms with E-state index in [1.807, 2.05) is 12.1 Å². The molecule has 1 aliphatic heterocycles. The predicted molar refractivity (Wildman–Crippen MR) is 101 cm³/mol. The lowest BCUT2D eigenvalue weighted by Crippen LogP contribution is -2.56. The van der Waals surface area contributed by atoms with Crippen LogP contribution in [0.15, 0.2) is 24.3 Å². The third kappa shape index (κ3) is 6.24. The van der Waals surface area contributed by atoms with Crippen LogP contribution in [0.2, 0.25) is 0 Å². The van der Waals surface area contributed by atoms with E-state index in [4.69, 9.17) is 4.74 Å². The fourth-order valence-corrected chi connectivity index (χ4v) is 3.63. The molecule has 24 heavy (non-hydrogen) atoms. The third-order valence-electron chi connectivity index (χ3n) is 4.27. The normalized spacial score (nSPS) is 21.3. The maximum absolute atomic E-state index is 11.8. The zero-order chi connectivity index (χ0) is 16.9. The maximum atomic E-state index is 11.8. The standard InChI is InChI=1S/C17H28N2O3S.ClH/c1-4-23(20,21)19-16-6-5-11-18-17(16)12-22-15-9-7-14(8-10-15)13(2)3;/h7-10,13,16-19H,4-6,11-12H2,1-3H3;1H/t16-,17+;/m0./s1. The number of nitrogens with one attached hydrogen (secondary N) is 2. The largest absolute Gasteiger partial charge is 0.492 e. The quantitative estimate of drug-likeness (QED) is 0.767. The van der Waals surface area contributed by atoms with Crippen LogP contribution in [0.25, 0.3) is 0 Å². The number of sulfonamides is 1. The van der Waals surface area contributed by atoms with E-state index in [0.29, 0.717) is 12.5 Å². The summed E-state index contributed by atoms with van der Waals surface area (Å²) in [6.45, 7) is 7.32. The number of rotatable bonds is 7. The first kappa shape index (κ1) is 21.2. The lowest BCUT2D eigenvalue weighted by atomic mass is 10.00. The van der Waals surface area contributed by atoms with Gasteiger partial charge in [-0.25, -0.2) is 13.1 Å². The van der Waals surface area contributed by atoms with Crippen LogP contribution in [0.5, 0.6) is 5.75 Å². The molecule has 5 nitrogen and oxygen atoms in total. The lowest BCUT2D eigenvalue weighted by molar-refractivity contribution is 0.213. The highest BCUT2D eigenvalue weighted by molar-refractivity contribution is 7.89. The fraction of sp³-hybridized carbons (Fsp3) is 0.647. The summed E-state index contributed by atoms with van der Waals surface area (Å²) in [5.74, 6) is 1.42. The molecule has 7 heteroatoms. The highest BCUT2D eigenvalue weighted by Gasteiger charge is 2.28. The van der Waals surface area contributed by atoms with Crippen molar-refractivity contribution in [3.63, 3.8) is 0 Å². The van der Waals surface area contributed by atoms with Gasteiger partial charge in [0.2, 0.25) is 10.0 Å². The van der Waals surface area contributed by atoms with Crippen molar-refractivity contribution in [2.24, 2.45) is 0 Å². The number of halogens is 1. The van der Waals surface area contributed by atoms with Crippen LogP contribution in [0.3, 0.4) is 0 Å². The number of benzene rings is 1. The Hall–Kier alpha value is -0.820. The van der Waals surface area contributed by atoms with Crippen LogP contribution in [-0.4, -0.2) is 39.4 Å². The summed E-state index contributed by atoms with van der Waals surface area (Å²) in [7, 11) is -3.20. The van der Waals surface area contributed by atoms with Crippen LogP contribution in [0.4, 0.5) is 0 Å². The topological polar surface area (TPSA) is 67.4 Å². The third-order valence-corrected chi connectivity index (χ3v) is 5.69. The van der Waals surface area contributed by atoms with Crippen LogP contribution < -0.4 is 14.8 Å². The number of hydrogen-bond donors (Lipinski definition) is 2. The Morgan fingerprint density at radius 2 is 1.96 bits per heavy atom. The zero-order valence-electron chi connectivity index (χ0n) is 14.6. The lowest BCUT2D eigenvalue weighted by Gasteiger charge is -2.32. The molecule has 138 valence electrons. The van der Waals surface area contributed by atoms with Gasteiger partial charge in [0, 0.05) is 6.04 Å². The first-order valence-corrected chi connectivity index (χ1v) is 10.0. The molecule has 0 bridgehead atoms. The van der Waals surface area contributed by atoms with Gasteiger partial charge < -0.3 is 10.1 Å². The molecule has 2 atom stereocenters. The van der Waals surface area contributed by atoms with Crippen LogP contribution in [0.1, 0.15) is 45.1 Å². The van der Waals surface area contributed by atoms with Gasteiger partial charge in [-0.15, -0.1) is 12.4 Å². The Morgan fingerprint density at radius 1 is 1.29 bits per heavy atom. The van der Waals surface area contributed by atoms with E-state index in [2.05, 4.69) is 36.0 Å². The highest BCUT2D eigenvalue weighted by atomic mass is 35.5. The molecule has 0 aliphatic carbocycles. The van der Waals surface area contributed by atoms with E-state index in [0.717, 1.165) is 25.1 Å². The first-order chi connectivity index (χ1) is 10.9. The van der Waals surface area contributed by atoms with Gasteiger partial charge in [-0.3, -0.25) is 0 Å². The van der Waals surface area contributed by atoms with Crippen molar-refractivity contribution in [2.75, 3.05) is 18.9 Å². The van der Waals surface area contributed by atoms with Crippen molar-refractivity contribution >= 4 is 22.4 Å². The second-order valence-electron chi connectivity index (χ2n) is 6.37. The van der Waals surface area contributed by atoms with Crippen molar-refractivity contribution in [2.45, 2.75) is 51.6 Å². The molecule has 0 saturated carbocycles. The van der Waals surface area contributed by atoms with Gasteiger partial charge in [0.15, 0.2) is 0 Å². The Kier molecular flexibility index (Phi) is 8.50. The molecule has 1 fully saturated rings. The van der Waals surface area contributed by atoms with Crippen LogP contribution >= 0.6 is 12.4 Å². The fourth-order valence-electron chi connectivity index (χ4n) is 2.72. The zero-order valence-corrected chi connectivity index (χ0v) is 16.3. The van der Waals surface area contributed by atoms with E-state index in [9.17, 15) is 8.42 Å². The minimum absolute atomic E-state index is 0. The predicted octanol–water partition coefficient (Wildman–Crippen LogP) is 2.67. The van der Waals surface area contributed by atoms with Crippen LogP contribution in [-0.2, 0) is 10.0 Å². The summed E-state index contributed by atoms with van der Waals surface area (Å²) in [5.41, 5.74) is 1.28. The van der Waals surface area contributed by atoms with Crippen LogP contribution in [0, 0.1) is 0 Å². The summed E-state index contributed by atoms with van der Waals surface area (Å²) < 4.78 is 32.3. The van der Waals surface area contributed by atoms with E-state index < -0.39 is 10.0 Å². The molecular formula is C17H29ClN2O3S. The van der Waals surface area contributed by atoms with Crippen molar-refractivity contribution in [1.29, 1.82) is 0 Å². The average molecular weight is 377 g/mol. The Balaban J connectivity index is 0.00000288. The Morgan fingerprint density at radius 3 is 2.54 bits per heavy atom. The minimum Gasteiger partial charge on any atom is -0.492 e. The molecule has 0 unspecified atom stereocenters. The molecule has 1 heterocycles. The minimum atomic E-state index is -3.20. The second kappa shape index (κ2) is 9.61. The molecule has 2 rings (SSSR count). The van der Waals surface area contributed by atoms with E-state index in [1.165, 1.54) is 5.56 Å². The summed E-state index contributed by atoms with van der Waals surface area (Å²) in [6.07, 6.45) is 1.81. The second-order valence-corrected chi connectivity index (χ2v) is 8.41. The number of hydrogen-bond acceptors (Lipinski definition) is 4. The molecule has 0 aromatic heterocycles. The van der Waals surface area contributed by atoms with Crippen molar-refractivity contribution in [1.82, 2.24) is 10.0 Å². The average Bonchev–Trinajstić information content (AvgIpc) is 2.54. The van der Waals surface area contributed by atoms with Gasteiger partial charge in [-0.1, -0.05) is 26.0 Å². The number of piperidine rings is 1. The molecule has 1 saturated heterocycles. The number of ether oxygens (including phenoxy) is 1. The molecule has 1 aromatic rings. The molecule has 0 radical (unpaired) electrons. The van der Waals surface area contributed by atoms with Gasteiger partial charge in [0.1, 0.15) is 12.4 Å². The molecular weight excluding hydrogens is 348 g/mol. The van der Waals surface area contributed by atoms with Gasteiger partial charge in [-0.05, 0) is 49.9 Å². The summed E-state index contributed by atoms with van der Waals surface area (Å²) >= 11 is 0. The molecule has 1 aliphatic rings. The summed E-state index contributed by atoms with van der Waals surface area (Å²) in [6, 6.07) is 7.99. The summed E-state index contributed by atoms with van der Waals surface area (Å²) in [4.78, 5) is 0.